The van der Waals surface area contributed by atoms with Crippen LogP contribution in [0.1, 0.15) is 41.9 Å². The maximum absolute atomic E-state index is 10.5. The average Bonchev–Trinajstić information content (AvgIpc) is 3.58. The SMILES string of the molecule is Cc1ccc(S(=O)(=O)O)cc1.N#C[C@@H]1CCCN1C[C@@H]1C[C@H](c2ccccc2OCc2ccccc2)CN1. The standard InChI is InChI=1S/C23H27N3O.C7H8O3S/c24-14-21-9-6-12-26(21)16-20-13-19(15-25-20)22-10-4-5-11-23(22)27-17-18-7-2-1-3-8-18;1-6-2-4-7(5-3-6)11(8,9)10/h1-5,7-8,10-11,19-21,25H,6,9,12-13,15-17H2;2-5H,1H3,(H,8,9,10)/t19-,20-,21-;/m0./s1. The number of para-hydroxylation sites is 1. The molecule has 3 atom stereocenters. The Hall–Kier alpha value is -3.22. The van der Waals surface area contributed by atoms with Crippen LogP contribution in [0.2, 0.25) is 0 Å². The van der Waals surface area contributed by atoms with E-state index in [0.29, 0.717) is 18.6 Å². The first-order valence-corrected chi connectivity index (χ1v) is 14.4. The van der Waals surface area contributed by atoms with E-state index in [1.165, 1.54) is 23.3 Å². The first-order valence-electron chi connectivity index (χ1n) is 13.0. The second kappa shape index (κ2) is 13.0. The first kappa shape index (κ1) is 27.8. The molecule has 200 valence electrons. The average molecular weight is 534 g/mol. The number of aryl methyl sites for hydroxylation is 1. The molecule has 0 amide bonds. The highest BCUT2D eigenvalue weighted by molar-refractivity contribution is 7.85. The van der Waals surface area contributed by atoms with Gasteiger partial charge in [0.05, 0.1) is 17.0 Å². The molecule has 3 aromatic rings. The summed E-state index contributed by atoms with van der Waals surface area (Å²) < 4.78 is 35.7. The summed E-state index contributed by atoms with van der Waals surface area (Å²) in [6.45, 7) is 5.44. The minimum Gasteiger partial charge on any atom is -0.489 e. The fraction of sp³-hybridized carbons (Fsp3) is 0.367. The minimum absolute atomic E-state index is 0.0666. The molecule has 3 aromatic carbocycles. The molecule has 5 rings (SSSR count). The fourth-order valence-electron chi connectivity index (χ4n) is 5.06. The molecule has 0 saturated carbocycles. The molecule has 0 unspecified atom stereocenters. The van der Waals surface area contributed by atoms with Gasteiger partial charge in [-0.1, -0.05) is 66.2 Å². The van der Waals surface area contributed by atoms with E-state index in [2.05, 4.69) is 46.6 Å². The number of ether oxygens (including phenoxy) is 1. The summed E-state index contributed by atoms with van der Waals surface area (Å²) in [5.41, 5.74) is 3.44. The third kappa shape index (κ3) is 7.65. The van der Waals surface area contributed by atoms with Crippen molar-refractivity contribution < 1.29 is 17.7 Å². The molecule has 0 radical (unpaired) electrons. The quantitative estimate of drug-likeness (QED) is 0.415. The van der Waals surface area contributed by atoms with Gasteiger partial charge in [0.2, 0.25) is 0 Å². The second-order valence-corrected chi connectivity index (χ2v) is 11.3. The molecule has 2 fully saturated rings. The van der Waals surface area contributed by atoms with Crippen molar-refractivity contribution in [3.05, 3.63) is 95.6 Å². The zero-order chi connectivity index (χ0) is 27.0. The third-order valence-corrected chi connectivity index (χ3v) is 7.97. The van der Waals surface area contributed by atoms with Crippen LogP contribution in [0.15, 0.2) is 83.8 Å². The van der Waals surface area contributed by atoms with Crippen molar-refractivity contribution in [2.24, 2.45) is 0 Å². The number of likely N-dealkylation sites (tertiary alicyclic amines) is 1. The highest BCUT2D eigenvalue weighted by Gasteiger charge is 2.32. The molecule has 0 spiro atoms. The molecule has 8 heteroatoms. The smallest absolute Gasteiger partial charge is 0.294 e. The molecule has 0 bridgehead atoms. The van der Waals surface area contributed by atoms with Gasteiger partial charge < -0.3 is 10.1 Å². The Kier molecular flexibility index (Phi) is 9.53. The summed E-state index contributed by atoms with van der Waals surface area (Å²) in [4.78, 5) is 2.28. The highest BCUT2D eigenvalue weighted by Crippen LogP contribution is 2.33. The van der Waals surface area contributed by atoms with Crippen molar-refractivity contribution in [2.75, 3.05) is 19.6 Å². The Morgan fingerprint density at radius 3 is 2.47 bits per heavy atom. The normalized spacial score (nSPS) is 21.3. The Bertz CT molecular complexity index is 1320. The van der Waals surface area contributed by atoms with E-state index in [-0.39, 0.29) is 10.9 Å². The van der Waals surface area contributed by atoms with Crippen molar-refractivity contribution in [3.8, 4) is 11.8 Å². The molecular weight excluding hydrogens is 498 g/mol. The maximum Gasteiger partial charge on any atom is 0.294 e. The van der Waals surface area contributed by atoms with Crippen molar-refractivity contribution >= 4 is 10.1 Å². The topological polar surface area (TPSA) is 103 Å². The summed E-state index contributed by atoms with van der Waals surface area (Å²) in [7, 11) is -4.02. The van der Waals surface area contributed by atoms with Crippen LogP contribution in [0.25, 0.3) is 0 Å². The largest absolute Gasteiger partial charge is 0.489 e. The van der Waals surface area contributed by atoms with Crippen LogP contribution < -0.4 is 10.1 Å². The molecule has 2 heterocycles. The lowest BCUT2D eigenvalue weighted by Crippen LogP contribution is -2.39. The molecule has 2 saturated heterocycles. The van der Waals surface area contributed by atoms with Crippen molar-refractivity contribution in [3.63, 3.8) is 0 Å². The molecule has 2 aliphatic heterocycles. The molecule has 0 aromatic heterocycles. The number of nitriles is 1. The minimum atomic E-state index is -4.02. The summed E-state index contributed by atoms with van der Waals surface area (Å²) in [6, 6.07) is 27.7. The van der Waals surface area contributed by atoms with Crippen LogP contribution in [-0.4, -0.2) is 49.6 Å². The van der Waals surface area contributed by atoms with Gasteiger partial charge in [0.25, 0.3) is 10.1 Å². The van der Waals surface area contributed by atoms with Gasteiger partial charge in [0, 0.05) is 25.0 Å². The van der Waals surface area contributed by atoms with Crippen molar-refractivity contribution in [1.82, 2.24) is 10.2 Å². The van der Waals surface area contributed by atoms with Gasteiger partial charge in [0.1, 0.15) is 12.4 Å². The number of hydrogen-bond donors (Lipinski definition) is 2. The van der Waals surface area contributed by atoms with E-state index in [9.17, 15) is 13.7 Å². The van der Waals surface area contributed by atoms with Crippen LogP contribution in [0.3, 0.4) is 0 Å². The van der Waals surface area contributed by atoms with E-state index in [1.807, 2.05) is 31.2 Å². The predicted molar refractivity (Wildman–Crippen MR) is 148 cm³/mol. The number of nitrogens with one attached hydrogen (secondary N) is 1. The monoisotopic (exact) mass is 533 g/mol. The summed E-state index contributed by atoms with van der Waals surface area (Å²) >= 11 is 0. The Morgan fingerprint density at radius 1 is 1.05 bits per heavy atom. The number of rotatable bonds is 7. The van der Waals surface area contributed by atoms with Gasteiger partial charge in [-0.25, -0.2) is 0 Å². The Morgan fingerprint density at radius 2 is 1.76 bits per heavy atom. The van der Waals surface area contributed by atoms with Gasteiger partial charge in [-0.15, -0.1) is 0 Å². The van der Waals surface area contributed by atoms with Crippen LogP contribution >= 0.6 is 0 Å². The lowest BCUT2D eigenvalue weighted by atomic mass is 9.95. The predicted octanol–water partition coefficient (Wildman–Crippen LogP) is 4.94. The van der Waals surface area contributed by atoms with E-state index in [4.69, 9.17) is 9.29 Å². The van der Waals surface area contributed by atoms with Gasteiger partial charge >= 0.3 is 0 Å². The molecule has 2 aliphatic rings. The third-order valence-electron chi connectivity index (χ3n) is 7.10. The summed E-state index contributed by atoms with van der Waals surface area (Å²) in [5.74, 6) is 1.45. The highest BCUT2D eigenvalue weighted by atomic mass is 32.2. The van der Waals surface area contributed by atoms with E-state index in [0.717, 1.165) is 50.2 Å². The zero-order valence-electron chi connectivity index (χ0n) is 21.7. The van der Waals surface area contributed by atoms with Crippen LogP contribution in [0.5, 0.6) is 5.75 Å². The maximum atomic E-state index is 10.5. The van der Waals surface area contributed by atoms with E-state index >= 15 is 0 Å². The van der Waals surface area contributed by atoms with Crippen LogP contribution in [0, 0.1) is 18.3 Å². The number of hydrogen-bond acceptors (Lipinski definition) is 6. The second-order valence-electron chi connectivity index (χ2n) is 9.92. The van der Waals surface area contributed by atoms with Crippen LogP contribution in [-0.2, 0) is 16.7 Å². The molecule has 2 N–H and O–H groups in total. The molecule has 0 aliphatic carbocycles. The summed E-state index contributed by atoms with van der Waals surface area (Å²) in [6.07, 6.45) is 3.26. The Balaban J connectivity index is 0.000000257. The fourth-order valence-corrected chi connectivity index (χ4v) is 5.54. The zero-order valence-corrected chi connectivity index (χ0v) is 22.5. The van der Waals surface area contributed by atoms with Crippen molar-refractivity contribution in [2.45, 2.75) is 55.7 Å². The molecule has 38 heavy (non-hydrogen) atoms. The van der Waals surface area contributed by atoms with Gasteiger partial charge in [-0.05, 0) is 62.1 Å². The van der Waals surface area contributed by atoms with Gasteiger partial charge in [-0.3, -0.25) is 9.45 Å². The Labute approximate surface area is 225 Å². The number of nitrogens with zero attached hydrogens (tertiary/aromatic N) is 2. The lowest BCUT2D eigenvalue weighted by Gasteiger charge is -2.23. The van der Waals surface area contributed by atoms with E-state index < -0.39 is 10.1 Å². The first-order chi connectivity index (χ1) is 18.3. The lowest BCUT2D eigenvalue weighted by molar-refractivity contribution is 0.265. The summed E-state index contributed by atoms with van der Waals surface area (Å²) in [5, 5.41) is 13.0. The van der Waals surface area contributed by atoms with Crippen LogP contribution in [0.4, 0.5) is 0 Å². The number of benzene rings is 3. The van der Waals surface area contributed by atoms with E-state index in [1.54, 1.807) is 12.1 Å². The molecule has 7 nitrogen and oxygen atoms in total. The van der Waals surface area contributed by atoms with Gasteiger partial charge in [0.15, 0.2) is 0 Å². The van der Waals surface area contributed by atoms with Gasteiger partial charge in [-0.2, -0.15) is 13.7 Å². The van der Waals surface area contributed by atoms with Crippen molar-refractivity contribution in [1.29, 1.82) is 5.26 Å². The molecular formula is C30H35N3O4S.